The van der Waals surface area contributed by atoms with Gasteiger partial charge in [0.1, 0.15) is 5.75 Å². The monoisotopic (exact) mass is 262 g/mol. The summed E-state index contributed by atoms with van der Waals surface area (Å²) in [5.41, 5.74) is 7.91. The number of anilines is 2. The summed E-state index contributed by atoms with van der Waals surface area (Å²) in [7, 11) is 2.15. The average Bonchev–Trinajstić information content (AvgIpc) is 2.88. The van der Waals surface area contributed by atoms with E-state index < -0.39 is 0 Å². The molecule has 0 heterocycles. The Kier molecular flexibility index (Phi) is 4.94. The van der Waals surface area contributed by atoms with Gasteiger partial charge in [0, 0.05) is 37.1 Å². The maximum absolute atomic E-state index is 5.97. The summed E-state index contributed by atoms with van der Waals surface area (Å²) in [6, 6.07) is 6.04. The highest BCUT2D eigenvalue weighted by Gasteiger charge is 2.17. The van der Waals surface area contributed by atoms with Crippen molar-refractivity contribution < 1.29 is 4.74 Å². The molecular weight excluding hydrogens is 236 g/mol. The van der Waals surface area contributed by atoms with Gasteiger partial charge in [0.15, 0.2) is 0 Å². The van der Waals surface area contributed by atoms with Crippen molar-refractivity contribution in [2.24, 2.45) is 5.92 Å². The first-order valence-electron chi connectivity index (χ1n) is 7.43. The third-order valence-electron chi connectivity index (χ3n) is 3.83. The quantitative estimate of drug-likeness (QED) is 0.795. The zero-order valence-electron chi connectivity index (χ0n) is 12.2. The molecule has 1 aliphatic carbocycles. The fraction of sp³-hybridized carbons (Fsp3) is 0.625. The fourth-order valence-corrected chi connectivity index (χ4v) is 2.82. The van der Waals surface area contributed by atoms with E-state index in [1.165, 1.54) is 25.7 Å². The molecule has 19 heavy (non-hydrogen) atoms. The van der Waals surface area contributed by atoms with Gasteiger partial charge in [0.05, 0.1) is 6.61 Å². The molecule has 3 heteroatoms. The topological polar surface area (TPSA) is 38.5 Å². The minimum Gasteiger partial charge on any atom is -0.493 e. The third kappa shape index (κ3) is 4.05. The molecule has 3 nitrogen and oxygen atoms in total. The summed E-state index contributed by atoms with van der Waals surface area (Å²) < 4.78 is 5.69. The van der Waals surface area contributed by atoms with Gasteiger partial charge in [-0.05, 0) is 31.2 Å². The van der Waals surface area contributed by atoms with Crippen LogP contribution in [-0.2, 0) is 0 Å². The first kappa shape index (κ1) is 14.0. The van der Waals surface area contributed by atoms with Crippen LogP contribution in [0.3, 0.4) is 0 Å². The second-order valence-corrected chi connectivity index (χ2v) is 5.64. The molecule has 0 unspecified atom stereocenters. The number of hydrogen-bond acceptors (Lipinski definition) is 3. The highest BCUT2D eigenvalue weighted by Crippen LogP contribution is 2.29. The highest BCUT2D eigenvalue weighted by molar-refractivity contribution is 5.60. The molecule has 106 valence electrons. The number of nitrogens with zero attached hydrogens (tertiary/aromatic N) is 1. The van der Waals surface area contributed by atoms with Crippen molar-refractivity contribution in [2.75, 3.05) is 30.8 Å². The van der Waals surface area contributed by atoms with Gasteiger partial charge in [0.25, 0.3) is 0 Å². The van der Waals surface area contributed by atoms with E-state index in [4.69, 9.17) is 10.5 Å². The molecule has 0 spiro atoms. The summed E-state index contributed by atoms with van der Waals surface area (Å²) in [4.78, 5) is 2.31. The van der Waals surface area contributed by atoms with Crippen LogP contribution in [0.2, 0.25) is 0 Å². The molecular formula is C16H26N2O. The van der Waals surface area contributed by atoms with Gasteiger partial charge >= 0.3 is 0 Å². The molecule has 0 aromatic heterocycles. The van der Waals surface area contributed by atoms with E-state index in [2.05, 4.69) is 24.9 Å². The van der Waals surface area contributed by atoms with Gasteiger partial charge < -0.3 is 15.4 Å². The predicted molar refractivity (Wildman–Crippen MR) is 81.9 cm³/mol. The normalized spacial score (nSPS) is 15.7. The first-order valence-corrected chi connectivity index (χ1v) is 7.43. The second kappa shape index (κ2) is 6.69. The van der Waals surface area contributed by atoms with Crippen LogP contribution in [0.1, 0.15) is 39.0 Å². The van der Waals surface area contributed by atoms with Crippen LogP contribution in [0.25, 0.3) is 0 Å². The smallest absolute Gasteiger partial charge is 0.123 e. The van der Waals surface area contributed by atoms with Crippen LogP contribution in [0.15, 0.2) is 18.2 Å². The zero-order valence-corrected chi connectivity index (χ0v) is 12.2. The van der Waals surface area contributed by atoms with E-state index in [-0.39, 0.29) is 0 Å². The summed E-state index contributed by atoms with van der Waals surface area (Å²) in [5.74, 6) is 1.72. The van der Waals surface area contributed by atoms with Crippen molar-refractivity contribution >= 4 is 11.4 Å². The van der Waals surface area contributed by atoms with E-state index in [0.717, 1.165) is 42.6 Å². The Hall–Kier alpha value is -1.38. The minimum atomic E-state index is 0.745. The van der Waals surface area contributed by atoms with Gasteiger partial charge in [0.2, 0.25) is 0 Å². The molecule has 0 atom stereocenters. The molecule has 0 bridgehead atoms. The number of ether oxygens (including phenoxy) is 1. The summed E-state index contributed by atoms with van der Waals surface area (Å²) in [6.45, 7) is 3.98. The number of nitrogens with two attached hydrogens (primary N) is 1. The van der Waals surface area contributed by atoms with Crippen LogP contribution < -0.4 is 15.4 Å². The molecule has 0 radical (unpaired) electrons. The Labute approximate surface area is 116 Å². The van der Waals surface area contributed by atoms with Gasteiger partial charge in [-0.1, -0.05) is 19.8 Å². The lowest BCUT2D eigenvalue weighted by Crippen LogP contribution is -2.24. The van der Waals surface area contributed by atoms with E-state index in [0.29, 0.717) is 0 Å². The molecule has 1 fully saturated rings. The highest BCUT2D eigenvalue weighted by atomic mass is 16.5. The molecule has 1 aliphatic rings. The predicted octanol–water partition coefficient (Wildman–Crippen LogP) is 3.68. The average molecular weight is 262 g/mol. The van der Waals surface area contributed by atoms with Crippen LogP contribution >= 0.6 is 0 Å². The molecule has 0 amide bonds. The van der Waals surface area contributed by atoms with E-state index in [1.54, 1.807) is 0 Å². The Morgan fingerprint density at radius 3 is 2.68 bits per heavy atom. The van der Waals surface area contributed by atoms with E-state index >= 15 is 0 Å². The summed E-state index contributed by atoms with van der Waals surface area (Å²) >= 11 is 0. The van der Waals surface area contributed by atoms with E-state index in [1.807, 2.05) is 12.1 Å². The second-order valence-electron chi connectivity index (χ2n) is 5.64. The Bertz CT molecular complexity index is 400. The molecule has 2 rings (SSSR count). The third-order valence-corrected chi connectivity index (χ3v) is 3.83. The number of nitrogen functional groups attached to an aromatic ring is 1. The van der Waals surface area contributed by atoms with Crippen LogP contribution in [0.4, 0.5) is 11.4 Å². The Morgan fingerprint density at radius 1 is 1.26 bits per heavy atom. The van der Waals surface area contributed by atoms with E-state index in [9.17, 15) is 0 Å². The van der Waals surface area contributed by atoms with Gasteiger partial charge in [-0.15, -0.1) is 0 Å². The molecule has 1 aromatic carbocycles. The molecule has 1 saturated carbocycles. The van der Waals surface area contributed by atoms with Crippen LogP contribution in [0.5, 0.6) is 5.75 Å². The zero-order chi connectivity index (χ0) is 13.7. The largest absolute Gasteiger partial charge is 0.493 e. The molecule has 1 aromatic rings. The first-order chi connectivity index (χ1) is 9.19. The lowest BCUT2D eigenvalue weighted by Gasteiger charge is -2.24. The van der Waals surface area contributed by atoms with Crippen molar-refractivity contribution in [1.82, 2.24) is 0 Å². The lowest BCUT2D eigenvalue weighted by atomic mass is 10.1. The number of rotatable bonds is 6. The number of benzene rings is 1. The van der Waals surface area contributed by atoms with Crippen LogP contribution in [0, 0.1) is 5.92 Å². The standard InChI is InChI=1S/C16H26N2O/c1-3-8-19-16-10-14(17)9-15(11-16)18(2)12-13-6-4-5-7-13/h9-11,13H,3-8,12,17H2,1-2H3. The van der Waals surface area contributed by atoms with Crippen molar-refractivity contribution in [2.45, 2.75) is 39.0 Å². The Balaban J connectivity index is 2.02. The maximum atomic E-state index is 5.97. The van der Waals surface area contributed by atoms with Crippen molar-refractivity contribution in [3.05, 3.63) is 18.2 Å². The molecule has 0 saturated heterocycles. The van der Waals surface area contributed by atoms with Gasteiger partial charge in [-0.2, -0.15) is 0 Å². The summed E-state index contributed by atoms with van der Waals surface area (Å²) in [6.07, 6.45) is 6.53. The molecule has 2 N–H and O–H groups in total. The Morgan fingerprint density at radius 2 is 2.00 bits per heavy atom. The fourth-order valence-electron chi connectivity index (χ4n) is 2.82. The summed E-state index contributed by atoms with van der Waals surface area (Å²) in [5, 5.41) is 0. The minimum absolute atomic E-state index is 0.745. The molecule has 0 aliphatic heterocycles. The van der Waals surface area contributed by atoms with Gasteiger partial charge in [-0.3, -0.25) is 0 Å². The maximum Gasteiger partial charge on any atom is 0.123 e. The van der Waals surface area contributed by atoms with Crippen LogP contribution in [-0.4, -0.2) is 20.2 Å². The van der Waals surface area contributed by atoms with Crippen molar-refractivity contribution in [3.8, 4) is 5.75 Å². The lowest BCUT2D eigenvalue weighted by molar-refractivity contribution is 0.317. The van der Waals surface area contributed by atoms with Gasteiger partial charge in [-0.25, -0.2) is 0 Å². The number of hydrogen-bond donors (Lipinski definition) is 1. The SMILES string of the molecule is CCCOc1cc(N)cc(N(C)CC2CCCC2)c1. The van der Waals surface area contributed by atoms with Crippen molar-refractivity contribution in [3.63, 3.8) is 0 Å². The van der Waals surface area contributed by atoms with Crippen molar-refractivity contribution in [1.29, 1.82) is 0 Å².